The first-order valence-corrected chi connectivity index (χ1v) is 11.4. The summed E-state index contributed by atoms with van der Waals surface area (Å²) in [7, 11) is 0. The van der Waals surface area contributed by atoms with E-state index >= 15 is 0 Å². The molecule has 0 heterocycles. The molecule has 2 saturated carbocycles. The molecule has 0 bridgehead atoms. The Bertz CT molecular complexity index is 438. The van der Waals surface area contributed by atoms with E-state index in [-0.39, 0.29) is 22.9 Å². The number of ether oxygens (including phenoxy) is 1. The van der Waals surface area contributed by atoms with E-state index < -0.39 is 6.04 Å². The highest BCUT2D eigenvalue weighted by atomic mass is 16.6. The highest BCUT2D eigenvalue weighted by Gasteiger charge is 2.34. The highest BCUT2D eigenvalue weighted by molar-refractivity contribution is 5.72. The fraction of sp³-hybridized carbons (Fsp3) is 0.955. The van der Waals surface area contributed by atoms with Gasteiger partial charge >= 0.3 is 5.97 Å². The lowest BCUT2D eigenvalue weighted by molar-refractivity contribution is -0.526. The van der Waals surface area contributed by atoms with Gasteiger partial charge in [0.05, 0.1) is 5.92 Å². The molecule has 0 saturated heterocycles. The fourth-order valence-corrected chi connectivity index (χ4v) is 4.71. The number of unbranched alkanes of at least 4 members (excludes halogenated alkanes) is 6. The molecule has 0 aromatic heterocycles. The van der Waals surface area contributed by atoms with Gasteiger partial charge in [0.1, 0.15) is 6.10 Å². The topological polar surface area (TPSA) is 69.4 Å². The molecular formula is C22H39NO4. The molecule has 2 aliphatic rings. The van der Waals surface area contributed by atoms with E-state index in [1.54, 1.807) is 0 Å². The summed E-state index contributed by atoms with van der Waals surface area (Å²) >= 11 is 0. The monoisotopic (exact) mass is 381 g/mol. The molecule has 0 aromatic carbocycles. The summed E-state index contributed by atoms with van der Waals surface area (Å²) in [4.78, 5) is 23.0. The van der Waals surface area contributed by atoms with Gasteiger partial charge in [-0.1, -0.05) is 58.3 Å². The van der Waals surface area contributed by atoms with Gasteiger partial charge < -0.3 is 4.74 Å². The minimum Gasteiger partial charge on any atom is -0.462 e. The molecule has 2 aliphatic carbocycles. The van der Waals surface area contributed by atoms with Crippen molar-refractivity contribution in [1.82, 2.24) is 0 Å². The summed E-state index contributed by atoms with van der Waals surface area (Å²) in [5.41, 5.74) is 0. The van der Waals surface area contributed by atoms with Gasteiger partial charge in [0.25, 0.3) is 0 Å². The first-order chi connectivity index (χ1) is 13.1. The summed E-state index contributed by atoms with van der Waals surface area (Å²) in [6.07, 6.45) is 17.6. The van der Waals surface area contributed by atoms with Crippen molar-refractivity contribution in [3.63, 3.8) is 0 Å². The van der Waals surface area contributed by atoms with Crippen molar-refractivity contribution in [2.24, 2.45) is 11.8 Å². The Kier molecular flexibility index (Phi) is 10.1. The Balaban J connectivity index is 1.53. The smallest absolute Gasteiger partial charge is 0.309 e. The average Bonchev–Trinajstić information content (AvgIpc) is 2.68. The van der Waals surface area contributed by atoms with E-state index in [2.05, 4.69) is 6.92 Å². The van der Waals surface area contributed by atoms with Gasteiger partial charge in [0.2, 0.25) is 6.04 Å². The highest BCUT2D eigenvalue weighted by Crippen LogP contribution is 2.32. The third-order valence-electron chi connectivity index (χ3n) is 6.62. The summed E-state index contributed by atoms with van der Waals surface area (Å²) < 4.78 is 5.75. The maximum atomic E-state index is 12.4. The van der Waals surface area contributed by atoms with Crippen LogP contribution >= 0.6 is 0 Å². The van der Waals surface area contributed by atoms with Crippen molar-refractivity contribution < 1.29 is 14.5 Å². The molecule has 0 aromatic rings. The number of rotatable bonds is 11. The van der Waals surface area contributed by atoms with Crippen LogP contribution in [-0.4, -0.2) is 23.0 Å². The second kappa shape index (κ2) is 12.4. The second-order valence-corrected chi connectivity index (χ2v) is 8.78. The molecule has 5 nitrogen and oxygen atoms in total. The van der Waals surface area contributed by atoms with Crippen LogP contribution in [0.1, 0.15) is 110 Å². The van der Waals surface area contributed by atoms with Crippen molar-refractivity contribution in [3.05, 3.63) is 10.1 Å². The van der Waals surface area contributed by atoms with E-state index in [1.165, 1.54) is 64.2 Å². The predicted octanol–water partition coefficient (Wildman–Crippen LogP) is 6.06. The number of nitrogens with zero attached hydrogens (tertiary/aromatic N) is 1. The third-order valence-corrected chi connectivity index (χ3v) is 6.62. The molecule has 0 N–H and O–H groups in total. The SMILES string of the molecule is CCCCCCCCCC1CCC(OC(=O)C2CCC([N+](=O)[O-])CC2)CC1. The lowest BCUT2D eigenvalue weighted by atomic mass is 9.83. The van der Waals surface area contributed by atoms with Gasteiger partial charge in [0, 0.05) is 17.8 Å². The molecule has 0 aliphatic heterocycles. The summed E-state index contributed by atoms with van der Waals surface area (Å²) in [6.45, 7) is 2.26. The molecular weight excluding hydrogens is 342 g/mol. The Morgan fingerprint density at radius 2 is 1.48 bits per heavy atom. The lowest BCUT2D eigenvalue weighted by Crippen LogP contribution is -2.33. The van der Waals surface area contributed by atoms with Gasteiger partial charge in [-0.15, -0.1) is 0 Å². The Morgan fingerprint density at radius 3 is 2.07 bits per heavy atom. The van der Waals surface area contributed by atoms with Gasteiger partial charge in [-0.3, -0.25) is 14.9 Å². The van der Waals surface area contributed by atoms with E-state index in [0.29, 0.717) is 25.7 Å². The summed E-state index contributed by atoms with van der Waals surface area (Å²) in [5, 5.41) is 10.8. The summed E-state index contributed by atoms with van der Waals surface area (Å²) in [6, 6.07) is -0.462. The summed E-state index contributed by atoms with van der Waals surface area (Å²) in [5.74, 6) is 0.588. The first kappa shape index (κ1) is 22.2. The van der Waals surface area contributed by atoms with Crippen LogP contribution in [0.3, 0.4) is 0 Å². The van der Waals surface area contributed by atoms with Crippen LogP contribution in [-0.2, 0) is 9.53 Å². The molecule has 156 valence electrons. The van der Waals surface area contributed by atoms with E-state index in [4.69, 9.17) is 4.74 Å². The molecule has 0 radical (unpaired) electrons. The van der Waals surface area contributed by atoms with Crippen molar-refractivity contribution in [2.45, 2.75) is 122 Å². The maximum absolute atomic E-state index is 12.4. The molecule has 27 heavy (non-hydrogen) atoms. The standard InChI is InChI=1S/C22H39NO4/c1-2-3-4-5-6-7-8-9-18-10-16-21(17-11-18)27-22(24)19-12-14-20(15-13-19)23(25)26/h18-21H,2-17H2,1H3. The lowest BCUT2D eigenvalue weighted by Gasteiger charge is -2.30. The van der Waals surface area contributed by atoms with Crippen LogP contribution in [0.2, 0.25) is 0 Å². The van der Waals surface area contributed by atoms with Gasteiger partial charge in [-0.2, -0.15) is 0 Å². The zero-order chi connectivity index (χ0) is 19.5. The van der Waals surface area contributed by atoms with E-state index in [1.807, 2.05) is 0 Å². The quantitative estimate of drug-likeness (QED) is 0.189. The Morgan fingerprint density at radius 1 is 0.889 bits per heavy atom. The maximum Gasteiger partial charge on any atom is 0.309 e. The second-order valence-electron chi connectivity index (χ2n) is 8.78. The van der Waals surface area contributed by atoms with Gasteiger partial charge in [0.15, 0.2) is 0 Å². The van der Waals surface area contributed by atoms with Crippen molar-refractivity contribution in [1.29, 1.82) is 0 Å². The normalized spacial score (nSPS) is 28.6. The van der Waals surface area contributed by atoms with Gasteiger partial charge in [-0.05, 0) is 44.4 Å². The predicted molar refractivity (Wildman–Crippen MR) is 107 cm³/mol. The molecule has 2 rings (SSSR count). The number of esters is 1. The Hall–Kier alpha value is -1.13. The average molecular weight is 382 g/mol. The zero-order valence-electron chi connectivity index (χ0n) is 17.2. The van der Waals surface area contributed by atoms with Crippen LogP contribution in [0.5, 0.6) is 0 Å². The molecule has 5 heteroatoms. The Labute approximate surface area is 164 Å². The van der Waals surface area contributed by atoms with E-state index in [0.717, 1.165) is 18.8 Å². The van der Waals surface area contributed by atoms with E-state index in [9.17, 15) is 14.9 Å². The largest absolute Gasteiger partial charge is 0.462 e. The first-order valence-electron chi connectivity index (χ1n) is 11.4. The van der Waals surface area contributed by atoms with Crippen molar-refractivity contribution >= 4 is 5.97 Å². The van der Waals surface area contributed by atoms with Crippen molar-refractivity contribution in [2.75, 3.05) is 0 Å². The van der Waals surface area contributed by atoms with Crippen LogP contribution in [0.15, 0.2) is 0 Å². The molecule has 0 unspecified atom stereocenters. The minimum atomic E-state index is -0.462. The third kappa shape index (κ3) is 8.18. The number of nitro groups is 1. The van der Waals surface area contributed by atoms with Crippen LogP contribution in [0, 0.1) is 22.0 Å². The number of hydrogen-bond acceptors (Lipinski definition) is 4. The van der Waals surface area contributed by atoms with Crippen LogP contribution < -0.4 is 0 Å². The molecule has 0 atom stereocenters. The van der Waals surface area contributed by atoms with Gasteiger partial charge in [-0.25, -0.2) is 0 Å². The molecule has 2 fully saturated rings. The number of hydrogen-bond donors (Lipinski definition) is 0. The number of carbonyl (C=O) groups excluding carboxylic acids is 1. The fourth-order valence-electron chi connectivity index (χ4n) is 4.71. The van der Waals surface area contributed by atoms with Crippen LogP contribution in [0.4, 0.5) is 0 Å². The molecule has 0 amide bonds. The number of carbonyl (C=O) groups is 1. The van der Waals surface area contributed by atoms with Crippen LogP contribution in [0.25, 0.3) is 0 Å². The zero-order valence-corrected chi connectivity index (χ0v) is 17.2. The van der Waals surface area contributed by atoms with Crippen molar-refractivity contribution in [3.8, 4) is 0 Å². The minimum absolute atomic E-state index is 0.0797. The molecule has 0 spiro atoms.